The van der Waals surface area contributed by atoms with E-state index in [2.05, 4.69) is 71.4 Å². The number of hydrogen-bond acceptors (Lipinski definition) is 11. The summed E-state index contributed by atoms with van der Waals surface area (Å²) in [5.74, 6) is 1.16. The van der Waals surface area contributed by atoms with Crippen LogP contribution in [0, 0.1) is 5.82 Å². The van der Waals surface area contributed by atoms with E-state index < -0.39 is 13.0 Å². The molecule has 2 fully saturated rings. The molecular weight excluding hydrogens is 664 g/mol. The van der Waals surface area contributed by atoms with Gasteiger partial charge in [0.2, 0.25) is 5.95 Å². The standard InChI is InChI=1S/C35H44ClFN9O2P/c1-6-23-17-29(31(48-3)19-30(23)46-11-9-26(10-12-46)45-15-13-44(2)14-16-45)42-35-40-22-27(36)34(43-35)41-28-8-7-24(18-32(28)49(4,5)47)33-38-20-25(37)21-39-33/h7-8,17-22,26H,6,9-16H2,1-5H3,(H2,40,41,42,43). The highest BCUT2D eigenvalue weighted by Crippen LogP contribution is 2.41. The number of aryl methyl sites for hydroxylation is 1. The maximum absolute atomic E-state index is 13.4. The number of hydrogen-bond donors (Lipinski definition) is 2. The van der Waals surface area contributed by atoms with E-state index in [1.807, 2.05) is 0 Å². The molecule has 11 nitrogen and oxygen atoms in total. The number of ether oxygens (including phenoxy) is 1. The fourth-order valence-corrected chi connectivity index (χ4v) is 7.86. The number of methoxy groups -OCH3 is 1. The number of nitrogens with zero attached hydrogens (tertiary/aromatic N) is 7. The van der Waals surface area contributed by atoms with Gasteiger partial charge in [0, 0.05) is 67.9 Å². The SMILES string of the molecule is CCc1cc(Nc2ncc(Cl)c(Nc3ccc(-c4ncc(F)cn4)cc3P(C)(C)=O)n2)c(OC)cc1N1CCC(N2CCN(C)CC2)CC1. The molecule has 2 aliphatic heterocycles. The van der Waals surface area contributed by atoms with Gasteiger partial charge in [0.15, 0.2) is 17.5 Å². The summed E-state index contributed by atoms with van der Waals surface area (Å²) in [7, 11) is 1.07. The second-order valence-electron chi connectivity index (χ2n) is 13.0. The number of piperazine rings is 1. The van der Waals surface area contributed by atoms with Gasteiger partial charge in [0.1, 0.15) is 17.9 Å². The lowest BCUT2D eigenvalue weighted by Crippen LogP contribution is -2.52. The Morgan fingerprint density at radius 3 is 2.33 bits per heavy atom. The van der Waals surface area contributed by atoms with Gasteiger partial charge in [-0.05, 0) is 69.5 Å². The highest BCUT2D eigenvalue weighted by Gasteiger charge is 2.28. The molecule has 260 valence electrons. The lowest BCUT2D eigenvalue weighted by molar-refractivity contribution is 0.0982. The quantitative estimate of drug-likeness (QED) is 0.183. The molecule has 0 unspecified atom stereocenters. The zero-order valence-electron chi connectivity index (χ0n) is 28.7. The molecule has 2 aromatic heterocycles. The van der Waals surface area contributed by atoms with Crippen LogP contribution >= 0.6 is 18.7 Å². The van der Waals surface area contributed by atoms with Gasteiger partial charge in [-0.2, -0.15) is 4.98 Å². The molecule has 0 radical (unpaired) electrons. The van der Waals surface area contributed by atoms with Crippen molar-refractivity contribution in [3.8, 4) is 17.1 Å². The smallest absolute Gasteiger partial charge is 0.229 e. The second kappa shape index (κ2) is 15.0. The topological polar surface area (TPSA) is 112 Å². The van der Waals surface area contributed by atoms with Gasteiger partial charge < -0.3 is 29.7 Å². The van der Waals surface area contributed by atoms with Crippen molar-refractivity contribution in [3.05, 3.63) is 65.3 Å². The van der Waals surface area contributed by atoms with Crippen molar-refractivity contribution in [2.45, 2.75) is 32.2 Å². The zero-order chi connectivity index (χ0) is 34.7. The van der Waals surface area contributed by atoms with Gasteiger partial charge in [0.25, 0.3) is 0 Å². The van der Waals surface area contributed by atoms with E-state index in [0.29, 0.717) is 51.0 Å². The van der Waals surface area contributed by atoms with Crippen LogP contribution in [-0.4, -0.2) is 103 Å². The normalized spacial score (nSPS) is 16.5. The third-order valence-corrected chi connectivity index (χ3v) is 11.1. The first-order valence-electron chi connectivity index (χ1n) is 16.6. The third kappa shape index (κ3) is 8.15. The highest BCUT2D eigenvalue weighted by molar-refractivity contribution is 7.70. The summed E-state index contributed by atoms with van der Waals surface area (Å²) in [6.45, 7) is 12.1. The molecule has 0 amide bonds. The number of anilines is 5. The summed E-state index contributed by atoms with van der Waals surface area (Å²) in [6.07, 6.45) is 6.88. The van der Waals surface area contributed by atoms with Crippen molar-refractivity contribution >= 4 is 52.9 Å². The van der Waals surface area contributed by atoms with E-state index in [1.165, 1.54) is 17.4 Å². The molecule has 0 spiro atoms. The van der Waals surface area contributed by atoms with Crippen LogP contribution in [-0.2, 0) is 11.0 Å². The van der Waals surface area contributed by atoms with Crippen molar-refractivity contribution in [1.29, 1.82) is 0 Å². The van der Waals surface area contributed by atoms with Crippen LogP contribution < -0.4 is 25.6 Å². The molecular formula is C35H44ClFN9O2P. The van der Waals surface area contributed by atoms with Gasteiger partial charge in [-0.3, -0.25) is 4.90 Å². The summed E-state index contributed by atoms with van der Waals surface area (Å²) in [6, 6.07) is 10.2. The Kier molecular flexibility index (Phi) is 10.7. The minimum Gasteiger partial charge on any atom is -0.494 e. The minimum atomic E-state index is -2.80. The summed E-state index contributed by atoms with van der Waals surface area (Å²) in [4.78, 5) is 24.8. The van der Waals surface area contributed by atoms with E-state index >= 15 is 0 Å². The zero-order valence-corrected chi connectivity index (χ0v) is 30.4. The molecule has 0 aliphatic carbocycles. The summed E-state index contributed by atoms with van der Waals surface area (Å²) in [5, 5.41) is 7.44. The summed E-state index contributed by atoms with van der Waals surface area (Å²) in [5.41, 5.74) is 4.34. The molecule has 0 atom stereocenters. The van der Waals surface area contributed by atoms with Crippen LogP contribution in [0.4, 0.5) is 33.2 Å². The van der Waals surface area contributed by atoms with Gasteiger partial charge >= 0.3 is 0 Å². The van der Waals surface area contributed by atoms with Crippen molar-refractivity contribution < 1.29 is 13.7 Å². The Bertz CT molecular complexity index is 1830. The molecule has 0 saturated carbocycles. The lowest BCUT2D eigenvalue weighted by Gasteiger charge is -2.43. The van der Waals surface area contributed by atoms with Crippen LogP contribution in [0.15, 0.2) is 48.9 Å². The minimum absolute atomic E-state index is 0.293. The Morgan fingerprint density at radius 1 is 0.959 bits per heavy atom. The fraction of sp³-hybridized carbons (Fsp3) is 0.429. The molecule has 6 rings (SSSR count). The van der Waals surface area contributed by atoms with Crippen molar-refractivity contribution in [2.75, 3.05) is 82.3 Å². The lowest BCUT2D eigenvalue weighted by atomic mass is 9.99. The first-order chi connectivity index (χ1) is 23.5. The highest BCUT2D eigenvalue weighted by atomic mass is 35.5. The second-order valence-corrected chi connectivity index (χ2v) is 16.6. The van der Waals surface area contributed by atoms with Gasteiger partial charge in [-0.25, -0.2) is 19.3 Å². The van der Waals surface area contributed by atoms with Crippen LogP contribution in [0.5, 0.6) is 5.75 Å². The summed E-state index contributed by atoms with van der Waals surface area (Å²) < 4.78 is 32.7. The molecule has 2 aromatic carbocycles. The van der Waals surface area contributed by atoms with E-state index in [1.54, 1.807) is 38.6 Å². The van der Waals surface area contributed by atoms with Gasteiger partial charge in [0.05, 0.1) is 37.1 Å². The van der Waals surface area contributed by atoms with Crippen LogP contribution in [0.3, 0.4) is 0 Å². The monoisotopic (exact) mass is 707 g/mol. The molecule has 4 heterocycles. The largest absolute Gasteiger partial charge is 0.494 e. The number of aromatic nitrogens is 4. The number of benzene rings is 2. The van der Waals surface area contributed by atoms with Crippen molar-refractivity contribution in [3.63, 3.8) is 0 Å². The van der Waals surface area contributed by atoms with Crippen LogP contribution in [0.1, 0.15) is 25.3 Å². The molecule has 2 N–H and O–H groups in total. The Labute approximate surface area is 292 Å². The Balaban J connectivity index is 1.21. The number of nitrogens with one attached hydrogen (secondary N) is 2. The molecule has 14 heteroatoms. The Hall–Kier alpha value is -3.83. The molecule has 4 aromatic rings. The molecule has 2 saturated heterocycles. The number of piperidine rings is 1. The number of likely N-dealkylation sites (N-methyl/N-ethyl adjacent to an activating group) is 1. The van der Waals surface area contributed by atoms with Crippen molar-refractivity contribution in [1.82, 2.24) is 29.7 Å². The van der Waals surface area contributed by atoms with E-state index in [4.69, 9.17) is 16.3 Å². The van der Waals surface area contributed by atoms with E-state index in [9.17, 15) is 8.96 Å². The van der Waals surface area contributed by atoms with Crippen LogP contribution in [0.25, 0.3) is 11.4 Å². The molecule has 49 heavy (non-hydrogen) atoms. The van der Waals surface area contributed by atoms with E-state index in [0.717, 1.165) is 76.6 Å². The average Bonchev–Trinajstić information content (AvgIpc) is 3.10. The Morgan fingerprint density at radius 2 is 1.67 bits per heavy atom. The fourth-order valence-electron chi connectivity index (χ4n) is 6.56. The third-order valence-electron chi connectivity index (χ3n) is 9.34. The number of rotatable bonds is 10. The average molecular weight is 708 g/mol. The van der Waals surface area contributed by atoms with Crippen LogP contribution in [0.2, 0.25) is 5.02 Å². The first-order valence-corrected chi connectivity index (χ1v) is 19.6. The maximum atomic E-state index is 13.4. The molecule has 2 aliphatic rings. The summed E-state index contributed by atoms with van der Waals surface area (Å²) >= 11 is 6.56. The predicted octanol–water partition coefficient (Wildman–Crippen LogP) is 6.25. The predicted molar refractivity (Wildman–Crippen MR) is 197 cm³/mol. The van der Waals surface area contributed by atoms with Gasteiger partial charge in [-0.1, -0.05) is 18.5 Å². The van der Waals surface area contributed by atoms with E-state index in [-0.39, 0.29) is 0 Å². The van der Waals surface area contributed by atoms with Gasteiger partial charge in [-0.15, -0.1) is 0 Å². The van der Waals surface area contributed by atoms with Crippen molar-refractivity contribution in [2.24, 2.45) is 0 Å². The first kappa shape index (κ1) is 35.0. The maximum Gasteiger partial charge on any atom is 0.229 e. The number of halogens is 2. The molecule has 0 bridgehead atoms.